The van der Waals surface area contributed by atoms with Crippen LogP contribution < -0.4 is 5.32 Å². The zero-order valence-corrected chi connectivity index (χ0v) is 19.8. The molecule has 0 aromatic heterocycles. The van der Waals surface area contributed by atoms with Crippen LogP contribution >= 0.6 is 11.6 Å². The van der Waals surface area contributed by atoms with E-state index in [1.165, 1.54) is 0 Å². The van der Waals surface area contributed by atoms with Gasteiger partial charge in [-0.3, -0.25) is 14.5 Å². The van der Waals surface area contributed by atoms with Crippen LogP contribution in [0.4, 0.5) is 5.69 Å². The summed E-state index contributed by atoms with van der Waals surface area (Å²) in [6, 6.07) is 13.5. The molecule has 32 heavy (non-hydrogen) atoms. The quantitative estimate of drug-likeness (QED) is 0.661. The summed E-state index contributed by atoms with van der Waals surface area (Å²) in [6.07, 6.45) is 0. The Morgan fingerprint density at radius 1 is 1.06 bits per heavy atom. The Balaban J connectivity index is 1.82. The number of sulfone groups is 1. The van der Waals surface area contributed by atoms with Gasteiger partial charge in [0.1, 0.15) is 6.04 Å². The fourth-order valence-electron chi connectivity index (χ4n) is 3.81. The zero-order chi connectivity index (χ0) is 23.3. The third kappa shape index (κ3) is 5.68. The van der Waals surface area contributed by atoms with Crippen LogP contribution in [-0.4, -0.2) is 67.7 Å². The van der Waals surface area contributed by atoms with Crippen LogP contribution in [0.2, 0.25) is 5.02 Å². The topological polar surface area (TPSA) is 86.8 Å². The Morgan fingerprint density at radius 2 is 1.69 bits per heavy atom. The first-order valence-electron chi connectivity index (χ1n) is 10.6. The number of halogens is 1. The molecule has 1 aliphatic heterocycles. The monoisotopic (exact) mass is 477 g/mol. The van der Waals surface area contributed by atoms with Gasteiger partial charge in [-0.2, -0.15) is 0 Å². The lowest BCUT2D eigenvalue weighted by Gasteiger charge is -2.33. The van der Waals surface area contributed by atoms with Gasteiger partial charge in [-0.1, -0.05) is 41.9 Å². The maximum atomic E-state index is 13.3. The summed E-state index contributed by atoms with van der Waals surface area (Å²) >= 11 is 6.37. The zero-order valence-electron chi connectivity index (χ0n) is 18.3. The second kappa shape index (κ2) is 10.5. The highest BCUT2D eigenvalue weighted by atomic mass is 35.5. The summed E-state index contributed by atoms with van der Waals surface area (Å²) in [6.45, 7) is 5.53. The van der Waals surface area contributed by atoms with E-state index in [9.17, 15) is 18.0 Å². The van der Waals surface area contributed by atoms with Crippen molar-refractivity contribution in [3.05, 3.63) is 64.7 Å². The summed E-state index contributed by atoms with van der Waals surface area (Å²) in [5, 5.41) is 3.15. The second-order valence-corrected chi connectivity index (χ2v) is 10.4. The van der Waals surface area contributed by atoms with Crippen LogP contribution in [0, 0.1) is 0 Å². The SMILES string of the molecule is CCN(CC)C(=O)c1ccc(NC(=O)C(c2ccccc2)N2CCS(=O)(=O)CC2)cc1Cl. The summed E-state index contributed by atoms with van der Waals surface area (Å²) in [5.41, 5.74) is 1.64. The minimum atomic E-state index is -3.07. The van der Waals surface area contributed by atoms with E-state index < -0.39 is 15.9 Å². The van der Waals surface area contributed by atoms with E-state index >= 15 is 0 Å². The fourth-order valence-corrected chi connectivity index (χ4v) is 5.30. The lowest BCUT2D eigenvalue weighted by molar-refractivity contribution is -0.121. The van der Waals surface area contributed by atoms with Gasteiger partial charge in [0.05, 0.1) is 22.1 Å². The van der Waals surface area contributed by atoms with Gasteiger partial charge in [0.25, 0.3) is 5.91 Å². The van der Waals surface area contributed by atoms with Crippen LogP contribution in [0.25, 0.3) is 0 Å². The number of amides is 2. The van der Waals surface area contributed by atoms with E-state index in [1.54, 1.807) is 23.1 Å². The molecule has 7 nitrogen and oxygen atoms in total. The summed E-state index contributed by atoms with van der Waals surface area (Å²) in [4.78, 5) is 29.5. The maximum absolute atomic E-state index is 13.3. The van der Waals surface area contributed by atoms with E-state index in [0.29, 0.717) is 24.3 Å². The van der Waals surface area contributed by atoms with Crippen molar-refractivity contribution in [2.24, 2.45) is 0 Å². The van der Waals surface area contributed by atoms with E-state index in [1.807, 2.05) is 49.1 Å². The number of anilines is 1. The smallest absolute Gasteiger partial charge is 0.255 e. The predicted octanol–water partition coefficient (Wildman–Crippen LogP) is 3.23. The molecule has 2 amide bonds. The Hall–Kier alpha value is -2.42. The molecule has 1 fully saturated rings. The minimum absolute atomic E-state index is 0.0254. The molecule has 1 N–H and O–H groups in total. The maximum Gasteiger partial charge on any atom is 0.255 e. The molecule has 0 bridgehead atoms. The lowest BCUT2D eigenvalue weighted by Crippen LogP contribution is -2.46. The number of carbonyl (C=O) groups excluding carboxylic acids is 2. The van der Waals surface area contributed by atoms with Gasteiger partial charge in [0.15, 0.2) is 9.84 Å². The highest BCUT2D eigenvalue weighted by molar-refractivity contribution is 7.91. The molecule has 2 aromatic rings. The van der Waals surface area contributed by atoms with Crippen molar-refractivity contribution in [2.45, 2.75) is 19.9 Å². The van der Waals surface area contributed by atoms with Gasteiger partial charge in [0, 0.05) is 31.9 Å². The van der Waals surface area contributed by atoms with Crippen molar-refractivity contribution >= 4 is 38.9 Å². The molecule has 1 atom stereocenters. The van der Waals surface area contributed by atoms with Crippen LogP contribution in [0.3, 0.4) is 0 Å². The molecule has 1 aliphatic rings. The van der Waals surface area contributed by atoms with E-state index in [0.717, 1.165) is 5.56 Å². The number of rotatable bonds is 7. The third-order valence-electron chi connectivity index (χ3n) is 5.63. The molecule has 3 rings (SSSR count). The molecule has 1 heterocycles. The molecule has 0 spiro atoms. The molecule has 2 aromatic carbocycles. The van der Waals surface area contributed by atoms with Crippen molar-refractivity contribution in [2.75, 3.05) is 43.0 Å². The van der Waals surface area contributed by atoms with Gasteiger partial charge >= 0.3 is 0 Å². The number of hydrogen-bond acceptors (Lipinski definition) is 5. The number of benzene rings is 2. The van der Waals surface area contributed by atoms with E-state index in [-0.39, 0.29) is 41.4 Å². The summed E-state index contributed by atoms with van der Waals surface area (Å²) in [7, 11) is -3.07. The summed E-state index contributed by atoms with van der Waals surface area (Å²) < 4.78 is 23.7. The van der Waals surface area contributed by atoms with Crippen molar-refractivity contribution in [3.63, 3.8) is 0 Å². The Morgan fingerprint density at radius 3 is 2.25 bits per heavy atom. The van der Waals surface area contributed by atoms with Crippen molar-refractivity contribution in [1.29, 1.82) is 0 Å². The van der Waals surface area contributed by atoms with Crippen LogP contribution in [0.5, 0.6) is 0 Å². The Bertz CT molecular complexity index is 1060. The van der Waals surface area contributed by atoms with E-state index in [4.69, 9.17) is 11.6 Å². The standard InChI is InChI=1S/C23H28ClN3O4S/c1-3-26(4-2)23(29)19-11-10-18(16-20(19)24)25-22(28)21(17-8-6-5-7-9-17)27-12-14-32(30,31)15-13-27/h5-11,16,21H,3-4,12-15H2,1-2H3,(H,25,28). The highest BCUT2D eigenvalue weighted by Gasteiger charge is 2.32. The van der Waals surface area contributed by atoms with Crippen LogP contribution in [0.15, 0.2) is 48.5 Å². The average molecular weight is 478 g/mol. The normalized spacial score (nSPS) is 16.8. The first kappa shape index (κ1) is 24.2. The number of hydrogen-bond donors (Lipinski definition) is 1. The fraction of sp³-hybridized carbons (Fsp3) is 0.391. The number of nitrogens with one attached hydrogen (secondary N) is 1. The van der Waals surface area contributed by atoms with Gasteiger partial charge in [-0.15, -0.1) is 0 Å². The van der Waals surface area contributed by atoms with Crippen LogP contribution in [0.1, 0.15) is 35.8 Å². The first-order chi connectivity index (χ1) is 15.3. The minimum Gasteiger partial charge on any atom is -0.339 e. The molecule has 9 heteroatoms. The highest BCUT2D eigenvalue weighted by Crippen LogP contribution is 2.27. The second-order valence-electron chi connectivity index (χ2n) is 7.66. The number of carbonyl (C=O) groups is 2. The van der Waals surface area contributed by atoms with Crippen molar-refractivity contribution in [1.82, 2.24) is 9.80 Å². The molecule has 172 valence electrons. The Labute approximate surface area is 194 Å². The molecular formula is C23H28ClN3O4S. The predicted molar refractivity (Wildman–Crippen MR) is 127 cm³/mol. The van der Waals surface area contributed by atoms with Gasteiger partial charge in [0.2, 0.25) is 5.91 Å². The molecule has 0 radical (unpaired) electrons. The van der Waals surface area contributed by atoms with Gasteiger partial charge in [-0.05, 0) is 37.6 Å². The largest absolute Gasteiger partial charge is 0.339 e. The lowest BCUT2D eigenvalue weighted by atomic mass is 10.0. The van der Waals surface area contributed by atoms with Crippen LogP contribution in [-0.2, 0) is 14.6 Å². The summed E-state index contributed by atoms with van der Waals surface area (Å²) in [5.74, 6) is -0.390. The van der Waals surface area contributed by atoms with Crippen molar-refractivity contribution in [3.8, 4) is 0 Å². The first-order valence-corrected chi connectivity index (χ1v) is 12.8. The van der Waals surface area contributed by atoms with Gasteiger partial charge in [-0.25, -0.2) is 8.42 Å². The van der Waals surface area contributed by atoms with Crippen molar-refractivity contribution < 1.29 is 18.0 Å². The average Bonchev–Trinajstić information content (AvgIpc) is 2.76. The molecule has 1 saturated heterocycles. The third-order valence-corrected chi connectivity index (χ3v) is 7.55. The molecule has 0 saturated carbocycles. The molecule has 1 unspecified atom stereocenters. The van der Waals surface area contributed by atoms with E-state index in [2.05, 4.69) is 5.32 Å². The molecule has 0 aliphatic carbocycles. The Kier molecular flexibility index (Phi) is 7.92. The van der Waals surface area contributed by atoms with Gasteiger partial charge < -0.3 is 10.2 Å². The number of nitrogens with zero attached hydrogens (tertiary/aromatic N) is 2. The molecular weight excluding hydrogens is 450 g/mol.